The fraction of sp³-hybridized carbons (Fsp3) is 0.167. The number of hydrogen-bond donors (Lipinski definition) is 1. The number of fused-ring (bicyclic) bond motifs is 1. The van der Waals surface area contributed by atoms with Gasteiger partial charge in [0.1, 0.15) is 5.75 Å². The predicted octanol–water partition coefficient (Wildman–Crippen LogP) is 2.51. The molecule has 0 bridgehead atoms. The highest BCUT2D eigenvalue weighted by atomic mass is 28.3. The van der Waals surface area contributed by atoms with Gasteiger partial charge in [-0.05, 0) is 11.5 Å². The van der Waals surface area contributed by atoms with E-state index in [2.05, 4.69) is 19.2 Å². The number of rotatable bonds is 1. The van der Waals surface area contributed by atoms with Gasteiger partial charge >= 0.3 is 0 Å². The third kappa shape index (κ3) is 1.42. The van der Waals surface area contributed by atoms with Crippen LogP contribution in [0, 0.1) is 0 Å². The molecule has 0 atom stereocenters. The second-order valence-electron chi connectivity index (χ2n) is 3.68. The SMILES string of the molecule is C[Si](C)c1ccc(O)c2ccccc12. The van der Waals surface area contributed by atoms with Crippen LogP contribution in [0.5, 0.6) is 5.75 Å². The van der Waals surface area contributed by atoms with Gasteiger partial charge in [0.15, 0.2) is 0 Å². The second-order valence-corrected chi connectivity index (χ2v) is 6.22. The number of hydrogen-bond acceptors (Lipinski definition) is 1. The summed E-state index contributed by atoms with van der Waals surface area (Å²) in [4.78, 5) is 0. The molecule has 2 aromatic carbocycles. The average molecular weight is 201 g/mol. The van der Waals surface area contributed by atoms with Crippen LogP contribution in [0.4, 0.5) is 0 Å². The molecule has 0 aliphatic heterocycles. The van der Waals surface area contributed by atoms with E-state index in [1.54, 1.807) is 6.07 Å². The molecule has 0 fully saturated rings. The van der Waals surface area contributed by atoms with Gasteiger partial charge in [-0.25, -0.2) is 0 Å². The van der Waals surface area contributed by atoms with Gasteiger partial charge in [-0.2, -0.15) is 0 Å². The van der Waals surface area contributed by atoms with Crippen LogP contribution in [-0.4, -0.2) is 13.9 Å². The number of benzene rings is 2. The van der Waals surface area contributed by atoms with E-state index in [0.29, 0.717) is 5.75 Å². The summed E-state index contributed by atoms with van der Waals surface area (Å²) in [6, 6.07) is 11.9. The van der Waals surface area contributed by atoms with Crippen LogP contribution < -0.4 is 5.19 Å². The molecule has 2 heteroatoms. The molecular formula is C12H13OSi. The first-order valence-corrected chi connectivity index (χ1v) is 7.21. The molecule has 0 amide bonds. The van der Waals surface area contributed by atoms with E-state index in [4.69, 9.17) is 0 Å². The van der Waals surface area contributed by atoms with Crippen LogP contribution in [0.25, 0.3) is 10.8 Å². The van der Waals surface area contributed by atoms with E-state index >= 15 is 0 Å². The lowest BCUT2D eigenvalue weighted by Gasteiger charge is -2.09. The van der Waals surface area contributed by atoms with Crippen LogP contribution in [0.1, 0.15) is 0 Å². The van der Waals surface area contributed by atoms with E-state index in [1.165, 1.54) is 10.6 Å². The highest BCUT2D eigenvalue weighted by molar-refractivity contribution is 6.73. The molecule has 0 aliphatic rings. The minimum atomic E-state index is -0.465. The van der Waals surface area contributed by atoms with Gasteiger partial charge in [0.25, 0.3) is 0 Å². The summed E-state index contributed by atoms with van der Waals surface area (Å²) in [5.74, 6) is 0.382. The van der Waals surface area contributed by atoms with E-state index in [9.17, 15) is 5.11 Å². The van der Waals surface area contributed by atoms with Gasteiger partial charge in [0, 0.05) is 5.39 Å². The normalized spacial score (nSPS) is 11.1. The summed E-state index contributed by atoms with van der Waals surface area (Å²) in [5.41, 5.74) is 0. The molecule has 0 saturated heterocycles. The van der Waals surface area contributed by atoms with Gasteiger partial charge in [-0.15, -0.1) is 0 Å². The van der Waals surface area contributed by atoms with Crippen LogP contribution in [0.15, 0.2) is 36.4 Å². The summed E-state index contributed by atoms with van der Waals surface area (Å²) >= 11 is 0. The molecule has 1 nitrogen and oxygen atoms in total. The van der Waals surface area contributed by atoms with E-state index in [-0.39, 0.29) is 0 Å². The second kappa shape index (κ2) is 3.46. The Hall–Kier alpha value is -1.28. The summed E-state index contributed by atoms with van der Waals surface area (Å²) in [7, 11) is -0.465. The van der Waals surface area contributed by atoms with Crippen molar-refractivity contribution >= 4 is 24.8 Å². The van der Waals surface area contributed by atoms with Crippen molar-refractivity contribution in [3.05, 3.63) is 36.4 Å². The quantitative estimate of drug-likeness (QED) is 0.703. The van der Waals surface area contributed by atoms with Gasteiger partial charge in [0.05, 0.1) is 8.80 Å². The topological polar surface area (TPSA) is 20.2 Å². The standard InChI is InChI=1S/C12H13OSi/c1-14(2)12-8-7-11(13)9-5-3-4-6-10(9)12/h3-8,13H,1-2H3. The smallest absolute Gasteiger partial charge is 0.123 e. The van der Waals surface area contributed by atoms with Crippen LogP contribution in [-0.2, 0) is 0 Å². The van der Waals surface area contributed by atoms with Crippen LogP contribution >= 0.6 is 0 Å². The fourth-order valence-electron chi connectivity index (χ4n) is 1.72. The Bertz CT molecular complexity index is 463. The molecule has 0 unspecified atom stereocenters. The highest BCUT2D eigenvalue weighted by Gasteiger charge is 2.07. The minimum absolute atomic E-state index is 0.382. The van der Waals surface area contributed by atoms with Gasteiger partial charge < -0.3 is 5.11 Å². The van der Waals surface area contributed by atoms with Crippen molar-refractivity contribution in [2.75, 3.05) is 0 Å². The maximum Gasteiger partial charge on any atom is 0.123 e. The fourth-order valence-corrected chi connectivity index (χ4v) is 2.89. The predicted molar refractivity (Wildman–Crippen MR) is 62.7 cm³/mol. The van der Waals surface area contributed by atoms with E-state index in [0.717, 1.165) is 5.39 Å². The summed E-state index contributed by atoms with van der Waals surface area (Å²) in [6.07, 6.45) is 0. The third-order valence-electron chi connectivity index (χ3n) is 2.44. The zero-order valence-corrected chi connectivity index (χ0v) is 9.41. The van der Waals surface area contributed by atoms with Crippen LogP contribution in [0.2, 0.25) is 13.1 Å². The largest absolute Gasteiger partial charge is 0.507 e. The summed E-state index contributed by atoms with van der Waals surface area (Å²) < 4.78 is 0. The summed E-state index contributed by atoms with van der Waals surface area (Å²) in [5, 5.41) is 13.2. The van der Waals surface area contributed by atoms with Crippen molar-refractivity contribution in [1.29, 1.82) is 0 Å². The van der Waals surface area contributed by atoms with Crippen molar-refractivity contribution in [2.45, 2.75) is 13.1 Å². The van der Waals surface area contributed by atoms with Crippen molar-refractivity contribution in [3.8, 4) is 5.75 Å². The lowest BCUT2D eigenvalue weighted by atomic mass is 10.1. The molecule has 1 radical (unpaired) electrons. The molecule has 2 rings (SSSR count). The minimum Gasteiger partial charge on any atom is -0.507 e. The Labute approximate surface area is 85.6 Å². The Morgan fingerprint density at radius 1 is 0.929 bits per heavy atom. The van der Waals surface area contributed by atoms with E-state index < -0.39 is 8.80 Å². The average Bonchev–Trinajstić information content (AvgIpc) is 2.18. The first-order chi connectivity index (χ1) is 6.70. The van der Waals surface area contributed by atoms with Crippen LogP contribution in [0.3, 0.4) is 0 Å². The van der Waals surface area contributed by atoms with Gasteiger partial charge in [-0.3, -0.25) is 0 Å². The number of phenols is 1. The monoisotopic (exact) mass is 201 g/mol. The van der Waals surface area contributed by atoms with Crippen molar-refractivity contribution in [3.63, 3.8) is 0 Å². The maximum absolute atomic E-state index is 9.69. The molecule has 14 heavy (non-hydrogen) atoms. The molecule has 1 N–H and O–H groups in total. The Balaban J connectivity index is 2.82. The molecular weight excluding hydrogens is 188 g/mol. The molecule has 0 saturated carbocycles. The Morgan fingerprint density at radius 2 is 1.57 bits per heavy atom. The zero-order valence-electron chi connectivity index (χ0n) is 8.41. The number of aromatic hydroxyl groups is 1. The lowest BCUT2D eigenvalue weighted by molar-refractivity contribution is 0.482. The Kier molecular flexibility index (Phi) is 2.29. The lowest BCUT2D eigenvalue weighted by Crippen LogP contribution is -2.23. The first-order valence-electron chi connectivity index (χ1n) is 4.71. The molecule has 71 valence electrons. The first kappa shape index (κ1) is 9.28. The van der Waals surface area contributed by atoms with Gasteiger partial charge in [0.2, 0.25) is 0 Å². The summed E-state index contributed by atoms with van der Waals surface area (Å²) in [6.45, 7) is 4.53. The third-order valence-corrected chi connectivity index (χ3v) is 3.95. The highest BCUT2D eigenvalue weighted by Crippen LogP contribution is 2.22. The molecule has 0 aliphatic carbocycles. The van der Waals surface area contributed by atoms with E-state index in [1.807, 2.05) is 24.3 Å². The van der Waals surface area contributed by atoms with Crippen molar-refractivity contribution in [1.82, 2.24) is 0 Å². The Morgan fingerprint density at radius 3 is 2.21 bits per heavy atom. The molecule has 0 spiro atoms. The molecule has 2 aromatic rings. The molecule has 0 heterocycles. The van der Waals surface area contributed by atoms with Crippen molar-refractivity contribution in [2.24, 2.45) is 0 Å². The van der Waals surface area contributed by atoms with Gasteiger partial charge in [-0.1, -0.05) is 48.6 Å². The zero-order chi connectivity index (χ0) is 10.1. The van der Waals surface area contributed by atoms with Crippen molar-refractivity contribution < 1.29 is 5.11 Å². The molecule has 0 aromatic heterocycles. The maximum atomic E-state index is 9.69. The number of phenolic OH excluding ortho intramolecular Hbond substituents is 1.